The van der Waals surface area contributed by atoms with Crippen LogP contribution in [0.1, 0.15) is 23.2 Å². The third kappa shape index (κ3) is 3.90. The molecule has 1 fully saturated rings. The SMILES string of the molecule is COc1cccc(OC)c1C(=O)N1CCC(Oc2ccc(F)cc2)CC1. The third-order valence-electron chi connectivity index (χ3n) is 4.49. The minimum Gasteiger partial charge on any atom is -0.496 e. The Morgan fingerprint density at radius 3 is 2.12 bits per heavy atom. The van der Waals surface area contributed by atoms with Gasteiger partial charge in [0.1, 0.15) is 34.7 Å². The van der Waals surface area contributed by atoms with Crippen LogP contribution in [0.15, 0.2) is 42.5 Å². The van der Waals surface area contributed by atoms with Crippen LogP contribution < -0.4 is 14.2 Å². The Morgan fingerprint density at radius 1 is 1.00 bits per heavy atom. The van der Waals surface area contributed by atoms with Gasteiger partial charge in [-0.15, -0.1) is 0 Å². The Kier molecular flexibility index (Phi) is 5.61. The Morgan fingerprint density at radius 2 is 1.58 bits per heavy atom. The Hall–Kier alpha value is -2.76. The van der Waals surface area contributed by atoms with E-state index in [1.807, 2.05) is 0 Å². The maximum absolute atomic E-state index is 13.0. The standard InChI is InChI=1S/C20H22FNO4/c1-24-17-4-3-5-18(25-2)19(17)20(23)22-12-10-16(11-13-22)26-15-8-6-14(21)7-9-15/h3-9,16H,10-13H2,1-2H3. The number of benzene rings is 2. The highest BCUT2D eigenvalue weighted by atomic mass is 19.1. The maximum Gasteiger partial charge on any atom is 0.261 e. The molecule has 26 heavy (non-hydrogen) atoms. The molecule has 0 saturated carbocycles. The van der Waals surface area contributed by atoms with Crippen molar-refractivity contribution in [1.29, 1.82) is 0 Å². The van der Waals surface area contributed by atoms with E-state index in [-0.39, 0.29) is 17.8 Å². The maximum atomic E-state index is 13.0. The van der Waals surface area contributed by atoms with E-state index in [0.29, 0.717) is 48.7 Å². The number of likely N-dealkylation sites (tertiary alicyclic amines) is 1. The average molecular weight is 359 g/mol. The summed E-state index contributed by atoms with van der Waals surface area (Å²) in [6, 6.07) is 11.3. The fourth-order valence-corrected chi connectivity index (χ4v) is 3.10. The summed E-state index contributed by atoms with van der Waals surface area (Å²) < 4.78 is 29.5. The van der Waals surface area contributed by atoms with Gasteiger partial charge in [-0.1, -0.05) is 6.07 Å². The summed E-state index contributed by atoms with van der Waals surface area (Å²) in [6.07, 6.45) is 1.42. The van der Waals surface area contributed by atoms with E-state index < -0.39 is 0 Å². The van der Waals surface area contributed by atoms with Crippen molar-refractivity contribution in [1.82, 2.24) is 4.90 Å². The number of piperidine rings is 1. The fourth-order valence-electron chi connectivity index (χ4n) is 3.10. The van der Waals surface area contributed by atoms with Gasteiger partial charge >= 0.3 is 0 Å². The molecular formula is C20H22FNO4. The van der Waals surface area contributed by atoms with Gasteiger partial charge in [-0.05, 0) is 36.4 Å². The zero-order valence-electron chi connectivity index (χ0n) is 14.9. The van der Waals surface area contributed by atoms with Crippen molar-refractivity contribution in [3.8, 4) is 17.2 Å². The lowest BCUT2D eigenvalue weighted by atomic mass is 10.1. The highest BCUT2D eigenvalue weighted by Crippen LogP contribution is 2.30. The van der Waals surface area contributed by atoms with E-state index >= 15 is 0 Å². The molecule has 1 amide bonds. The number of halogens is 1. The monoisotopic (exact) mass is 359 g/mol. The fraction of sp³-hybridized carbons (Fsp3) is 0.350. The molecule has 0 N–H and O–H groups in total. The molecule has 1 aliphatic heterocycles. The summed E-state index contributed by atoms with van der Waals surface area (Å²) in [5.41, 5.74) is 0.440. The molecule has 0 aromatic heterocycles. The van der Waals surface area contributed by atoms with Crippen molar-refractivity contribution >= 4 is 5.91 Å². The van der Waals surface area contributed by atoms with Crippen molar-refractivity contribution in [2.45, 2.75) is 18.9 Å². The lowest BCUT2D eigenvalue weighted by Crippen LogP contribution is -2.42. The molecule has 0 unspecified atom stereocenters. The van der Waals surface area contributed by atoms with Gasteiger partial charge in [0.25, 0.3) is 5.91 Å². The topological polar surface area (TPSA) is 48.0 Å². The first-order valence-corrected chi connectivity index (χ1v) is 8.55. The van der Waals surface area contributed by atoms with Crippen molar-refractivity contribution in [3.63, 3.8) is 0 Å². The van der Waals surface area contributed by atoms with E-state index in [2.05, 4.69) is 0 Å². The minimum absolute atomic E-state index is 0.00377. The number of rotatable bonds is 5. The molecule has 0 spiro atoms. The number of ether oxygens (including phenoxy) is 3. The molecule has 5 nitrogen and oxygen atoms in total. The van der Waals surface area contributed by atoms with Crippen LogP contribution in [-0.2, 0) is 0 Å². The van der Waals surface area contributed by atoms with Crippen molar-refractivity contribution < 1.29 is 23.4 Å². The lowest BCUT2D eigenvalue weighted by molar-refractivity contribution is 0.0589. The number of hydrogen-bond acceptors (Lipinski definition) is 4. The van der Waals surface area contributed by atoms with Crippen LogP contribution in [-0.4, -0.2) is 44.2 Å². The number of carbonyl (C=O) groups is 1. The van der Waals surface area contributed by atoms with Crippen LogP contribution in [0.3, 0.4) is 0 Å². The van der Waals surface area contributed by atoms with E-state index in [0.717, 1.165) is 0 Å². The van der Waals surface area contributed by atoms with Crippen molar-refractivity contribution in [3.05, 3.63) is 53.8 Å². The van der Waals surface area contributed by atoms with Gasteiger partial charge in [0.2, 0.25) is 0 Å². The van der Waals surface area contributed by atoms with Crippen molar-refractivity contribution in [2.75, 3.05) is 27.3 Å². The number of carbonyl (C=O) groups excluding carboxylic acids is 1. The molecule has 3 rings (SSSR count). The van der Waals surface area contributed by atoms with E-state index in [9.17, 15) is 9.18 Å². The van der Waals surface area contributed by atoms with Gasteiger partial charge in [-0.25, -0.2) is 4.39 Å². The average Bonchev–Trinajstić information content (AvgIpc) is 2.69. The largest absolute Gasteiger partial charge is 0.496 e. The molecule has 0 aliphatic carbocycles. The van der Waals surface area contributed by atoms with Crippen LogP contribution >= 0.6 is 0 Å². The first kappa shape index (κ1) is 18.0. The summed E-state index contributed by atoms with van der Waals surface area (Å²) in [7, 11) is 3.07. The second-order valence-electron chi connectivity index (χ2n) is 6.10. The van der Waals surface area contributed by atoms with E-state index in [1.165, 1.54) is 26.4 Å². The third-order valence-corrected chi connectivity index (χ3v) is 4.49. The molecule has 1 heterocycles. The Balaban J connectivity index is 1.65. The van der Waals surface area contributed by atoms with Gasteiger partial charge in [-0.3, -0.25) is 4.79 Å². The first-order chi connectivity index (χ1) is 12.6. The second kappa shape index (κ2) is 8.08. The normalized spacial score (nSPS) is 14.8. The highest BCUT2D eigenvalue weighted by molar-refractivity contribution is 5.99. The summed E-state index contributed by atoms with van der Waals surface area (Å²) in [5.74, 6) is 1.24. The summed E-state index contributed by atoms with van der Waals surface area (Å²) in [4.78, 5) is 14.7. The minimum atomic E-state index is -0.288. The zero-order valence-corrected chi connectivity index (χ0v) is 14.9. The highest BCUT2D eigenvalue weighted by Gasteiger charge is 2.28. The molecule has 0 bridgehead atoms. The van der Waals surface area contributed by atoms with Crippen LogP contribution in [0, 0.1) is 5.82 Å². The van der Waals surface area contributed by atoms with Crippen LogP contribution in [0.25, 0.3) is 0 Å². The molecule has 1 aliphatic rings. The van der Waals surface area contributed by atoms with Gasteiger partial charge in [0, 0.05) is 25.9 Å². The van der Waals surface area contributed by atoms with Crippen LogP contribution in [0.2, 0.25) is 0 Å². The Bertz CT molecular complexity index is 733. The molecule has 2 aromatic carbocycles. The van der Waals surface area contributed by atoms with Gasteiger partial charge in [-0.2, -0.15) is 0 Å². The Labute approximate surface area is 152 Å². The smallest absolute Gasteiger partial charge is 0.261 e. The summed E-state index contributed by atoms with van der Waals surface area (Å²) in [5, 5.41) is 0. The molecule has 1 saturated heterocycles. The van der Waals surface area contributed by atoms with Crippen LogP contribution in [0.4, 0.5) is 4.39 Å². The van der Waals surface area contributed by atoms with Gasteiger partial charge < -0.3 is 19.1 Å². The summed E-state index contributed by atoms with van der Waals surface area (Å²) >= 11 is 0. The number of amides is 1. The number of hydrogen-bond donors (Lipinski definition) is 0. The molecule has 6 heteroatoms. The molecule has 138 valence electrons. The van der Waals surface area contributed by atoms with Gasteiger partial charge in [0.05, 0.1) is 14.2 Å². The van der Waals surface area contributed by atoms with Gasteiger partial charge in [0.15, 0.2) is 0 Å². The summed E-state index contributed by atoms with van der Waals surface area (Å²) in [6.45, 7) is 1.15. The number of methoxy groups -OCH3 is 2. The first-order valence-electron chi connectivity index (χ1n) is 8.55. The van der Waals surface area contributed by atoms with Crippen molar-refractivity contribution in [2.24, 2.45) is 0 Å². The van der Waals surface area contributed by atoms with Crippen LogP contribution in [0.5, 0.6) is 17.2 Å². The predicted molar refractivity (Wildman–Crippen MR) is 95.5 cm³/mol. The molecule has 2 aromatic rings. The molecule has 0 atom stereocenters. The van der Waals surface area contributed by atoms with E-state index in [4.69, 9.17) is 14.2 Å². The number of nitrogens with zero attached hydrogens (tertiary/aromatic N) is 1. The molecule has 0 radical (unpaired) electrons. The second-order valence-corrected chi connectivity index (χ2v) is 6.10. The van der Waals surface area contributed by atoms with E-state index in [1.54, 1.807) is 35.2 Å². The zero-order chi connectivity index (χ0) is 18.5. The predicted octanol–water partition coefficient (Wildman–Crippen LogP) is 3.53. The quantitative estimate of drug-likeness (QED) is 0.819. The molecular weight excluding hydrogens is 337 g/mol. The lowest BCUT2D eigenvalue weighted by Gasteiger charge is -2.32.